The molecule has 5 rings (SSSR count). The Kier molecular flexibility index (Phi) is 3.91. The maximum Gasteiger partial charge on any atom is 0.257 e. The van der Waals surface area contributed by atoms with E-state index >= 15 is 0 Å². The van der Waals surface area contributed by atoms with Gasteiger partial charge in [-0.05, 0) is 35.7 Å². The van der Waals surface area contributed by atoms with Crippen LogP contribution >= 0.6 is 0 Å². The highest BCUT2D eigenvalue weighted by Crippen LogP contribution is 2.22. The zero-order chi connectivity index (χ0) is 19.8. The zero-order valence-corrected chi connectivity index (χ0v) is 15.2. The number of fused-ring (bicyclic) bond motifs is 2. The normalized spacial score (nSPS) is 11.0. The van der Waals surface area contributed by atoms with Gasteiger partial charge in [0.2, 0.25) is 11.3 Å². The van der Waals surface area contributed by atoms with Crippen molar-refractivity contribution in [1.29, 1.82) is 0 Å². The van der Waals surface area contributed by atoms with Crippen LogP contribution < -0.4 is 10.9 Å². The number of nitrogens with zero attached hydrogens (tertiary/aromatic N) is 3. The van der Waals surface area contributed by atoms with E-state index in [9.17, 15) is 9.59 Å². The van der Waals surface area contributed by atoms with Crippen molar-refractivity contribution in [2.24, 2.45) is 0 Å². The van der Waals surface area contributed by atoms with E-state index in [4.69, 9.17) is 0 Å². The molecule has 0 aliphatic carbocycles. The van der Waals surface area contributed by atoms with E-state index in [-0.39, 0.29) is 11.5 Å². The minimum Gasteiger partial charge on any atom is -0.322 e. The zero-order valence-electron chi connectivity index (χ0n) is 15.2. The van der Waals surface area contributed by atoms with Crippen molar-refractivity contribution in [3.8, 4) is 11.3 Å². The number of aromatic nitrogens is 4. The number of aromatic amines is 1. The van der Waals surface area contributed by atoms with Crippen LogP contribution in [0.25, 0.3) is 27.9 Å². The van der Waals surface area contributed by atoms with Gasteiger partial charge in [0.25, 0.3) is 5.91 Å². The average molecular weight is 381 g/mol. The molecule has 2 N–H and O–H groups in total. The number of rotatable bonds is 3. The molecule has 0 radical (unpaired) electrons. The number of imidazole rings is 1. The molecule has 5 aromatic rings. The van der Waals surface area contributed by atoms with Crippen molar-refractivity contribution >= 4 is 28.3 Å². The van der Waals surface area contributed by atoms with Crippen molar-refractivity contribution in [2.75, 3.05) is 5.32 Å². The Morgan fingerprint density at radius 1 is 1.00 bits per heavy atom. The quantitative estimate of drug-likeness (QED) is 0.500. The second kappa shape index (κ2) is 6.72. The minimum atomic E-state index is -0.290. The topological polar surface area (TPSA) is 92.2 Å². The largest absolute Gasteiger partial charge is 0.322 e. The van der Waals surface area contributed by atoms with Gasteiger partial charge in [-0.1, -0.05) is 24.3 Å². The van der Waals surface area contributed by atoms with Crippen molar-refractivity contribution in [3.05, 3.63) is 95.2 Å². The molecule has 3 heterocycles. The summed E-state index contributed by atoms with van der Waals surface area (Å²) in [6.45, 7) is 0. The van der Waals surface area contributed by atoms with Crippen LogP contribution in [-0.2, 0) is 0 Å². The lowest BCUT2D eigenvalue weighted by molar-refractivity contribution is 0.102. The highest BCUT2D eigenvalue weighted by molar-refractivity contribution is 6.11. The molecule has 0 unspecified atom stereocenters. The number of amides is 1. The Bertz CT molecular complexity index is 1380. The second-order valence-electron chi connectivity index (χ2n) is 6.58. The fourth-order valence-corrected chi connectivity index (χ4v) is 3.26. The first-order valence-corrected chi connectivity index (χ1v) is 9.01. The Morgan fingerprint density at radius 3 is 2.69 bits per heavy atom. The van der Waals surface area contributed by atoms with Crippen molar-refractivity contribution < 1.29 is 4.79 Å². The molecule has 29 heavy (non-hydrogen) atoms. The van der Waals surface area contributed by atoms with Crippen molar-refractivity contribution in [1.82, 2.24) is 19.4 Å². The number of nitrogens with one attached hydrogen (secondary N) is 2. The Labute approximate surface area is 164 Å². The van der Waals surface area contributed by atoms with E-state index in [0.717, 1.165) is 16.6 Å². The maximum absolute atomic E-state index is 12.8. The van der Waals surface area contributed by atoms with Gasteiger partial charge in [0.15, 0.2) is 0 Å². The molecular formula is C22H15N5O2. The molecule has 0 aliphatic heterocycles. The van der Waals surface area contributed by atoms with Gasteiger partial charge in [-0.2, -0.15) is 0 Å². The average Bonchev–Trinajstić information content (AvgIpc) is 3.18. The third-order valence-corrected chi connectivity index (χ3v) is 4.68. The molecule has 2 aromatic carbocycles. The lowest BCUT2D eigenvalue weighted by Gasteiger charge is -2.08. The molecule has 0 saturated carbocycles. The number of carbonyl (C=O) groups excluding carboxylic acids is 1. The summed E-state index contributed by atoms with van der Waals surface area (Å²) in [4.78, 5) is 35.9. The smallest absolute Gasteiger partial charge is 0.257 e. The summed E-state index contributed by atoms with van der Waals surface area (Å²) in [5, 5.41) is 3.68. The number of carbonyl (C=O) groups is 1. The van der Waals surface area contributed by atoms with Gasteiger partial charge >= 0.3 is 0 Å². The molecule has 0 spiro atoms. The Morgan fingerprint density at radius 2 is 1.86 bits per heavy atom. The number of pyridine rings is 1. The first kappa shape index (κ1) is 16.9. The predicted molar refractivity (Wildman–Crippen MR) is 111 cm³/mol. The summed E-state index contributed by atoms with van der Waals surface area (Å²) in [6, 6.07) is 17.7. The number of hydrogen-bond acceptors (Lipinski definition) is 4. The van der Waals surface area contributed by atoms with Crippen LogP contribution in [0.4, 0.5) is 5.69 Å². The Hall–Kier alpha value is -4.26. The molecule has 7 nitrogen and oxygen atoms in total. The van der Waals surface area contributed by atoms with Crippen LogP contribution in [0.3, 0.4) is 0 Å². The van der Waals surface area contributed by atoms with Gasteiger partial charge in [-0.15, -0.1) is 0 Å². The van der Waals surface area contributed by atoms with Gasteiger partial charge in [-0.25, -0.2) is 9.97 Å². The van der Waals surface area contributed by atoms with Gasteiger partial charge in [-0.3, -0.25) is 14.0 Å². The lowest BCUT2D eigenvalue weighted by Crippen LogP contribution is -2.14. The monoisotopic (exact) mass is 381 g/mol. The fourth-order valence-electron chi connectivity index (χ4n) is 3.26. The fraction of sp³-hybridized carbons (Fsp3) is 0. The van der Waals surface area contributed by atoms with Crippen LogP contribution in [0.1, 0.15) is 10.4 Å². The maximum atomic E-state index is 12.8. The van der Waals surface area contributed by atoms with Gasteiger partial charge in [0.1, 0.15) is 0 Å². The standard InChI is InChI=1S/C22H15N5O2/c28-19-10-7-15-3-1-4-17(20(15)26-19)21(29)24-16-8-5-14(6-9-16)18-13-27-12-2-11-23-22(27)25-18/h1-13H,(H,24,29)(H,26,28). The summed E-state index contributed by atoms with van der Waals surface area (Å²) in [5.74, 6) is 0.340. The van der Waals surface area contributed by atoms with E-state index in [0.29, 0.717) is 22.5 Å². The van der Waals surface area contributed by atoms with E-state index in [1.807, 2.05) is 53.2 Å². The molecule has 0 atom stereocenters. The minimum absolute atomic E-state index is 0.246. The second-order valence-corrected chi connectivity index (χ2v) is 6.58. The van der Waals surface area contributed by atoms with Crippen LogP contribution in [0.5, 0.6) is 0 Å². The Balaban J connectivity index is 1.42. The van der Waals surface area contributed by atoms with E-state index in [1.165, 1.54) is 6.07 Å². The SMILES string of the molecule is O=C(Nc1ccc(-c2cn3cccnc3n2)cc1)c1cccc2ccc(=O)[nH]c12. The molecule has 0 fully saturated rings. The number of para-hydroxylation sites is 1. The summed E-state index contributed by atoms with van der Waals surface area (Å²) in [6.07, 6.45) is 5.50. The third-order valence-electron chi connectivity index (χ3n) is 4.68. The number of hydrogen-bond donors (Lipinski definition) is 2. The first-order valence-electron chi connectivity index (χ1n) is 9.01. The first-order chi connectivity index (χ1) is 14.2. The molecule has 1 amide bonds. The van der Waals surface area contributed by atoms with Crippen LogP contribution in [-0.4, -0.2) is 25.3 Å². The van der Waals surface area contributed by atoms with Crippen molar-refractivity contribution in [3.63, 3.8) is 0 Å². The van der Waals surface area contributed by atoms with E-state index in [2.05, 4.69) is 20.3 Å². The predicted octanol–water partition coefficient (Wildman–Crippen LogP) is 3.49. The van der Waals surface area contributed by atoms with Gasteiger partial charge in [0, 0.05) is 35.9 Å². The molecule has 0 bridgehead atoms. The third kappa shape index (κ3) is 3.14. The highest BCUT2D eigenvalue weighted by atomic mass is 16.1. The van der Waals surface area contributed by atoms with Crippen LogP contribution in [0.15, 0.2) is 84.0 Å². The number of H-pyrrole nitrogens is 1. The molecule has 0 saturated heterocycles. The summed E-state index contributed by atoms with van der Waals surface area (Å²) in [5.41, 5.74) is 3.05. The van der Waals surface area contributed by atoms with E-state index in [1.54, 1.807) is 24.4 Å². The molecule has 7 heteroatoms. The number of anilines is 1. The molecular weight excluding hydrogens is 366 g/mol. The molecule has 0 aliphatic rings. The summed E-state index contributed by atoms with van der Waals surface area (Å²) >= 11 is 0. The number of benzene rings is 2. The van der Waals surface area contributed by atoms with E-state index < -0.39 is 0 Å². The van der Waals surface area contributed by atoms with Gasteiger partial charge < -0.3 is 10.3 Å². The summed E-state index contributed by atoms with van der Waals surface area (Å²) in [7, 11) is 0. The lowest BCUT2D eigenvalue weighted by atomic mass is 10.1. The molecule has 3 aromatic heterocycles. The highest BCUT2D eigenvalue weighted by Gasteiger charge is 2.12. The van der Waals surface area contributed by atoms with Gasteiger partial charge in [0.05, 0.1) is 16.8 Å². The van der Waals surface area contributed by atoms with Crippen LogP contribution in [0, 0.1) is 0 Å². The summed E-state index contributed by atoms with van der Waals surface area (Å²) < 4.78 is 1.85. The van der Waals surface area contributed by atoms with Crippen LogP contribution in [0.2, 0.25) is 0 Å². The van der Waals surface area contributed by atoms with Crippen molar-refractivity contribution in [2.45, 2.75) is 0 Å². The molecule has 140 valence electrons.